The predicted molar refractivity (Wildman–Crippen MR) is 53.9 cm³/mol. The second-order valence-electron chi connectivity index (χ2n) is 2.58. The number of thioether (sulfide) groups is 1. The topological polar surface area (TPSA) is 43.4 Å². The maximum absolute atomic E-state index is 11.1. The maximum Gasteiger partial charge on any atom is 0.315 e. The molecule has 0 saturated heterocycles. The normalized spacial score (nSPS) is 12.2. The van der Waals surface area contributed by atoms with Crippen LogP contribution in [0, 0.1) is 0 Å². The van der Waals surface area contributed by atoms with Crippen molar-refractivity contribution < 1.29 is 14.3 Å². The zero-order valence-corrected chi connectivity index (χ0v) is 9.15. The van der Waals surface area contributed by atoms with Gasteiger partial charge >= 0.3 is 5.97 Å². The Labute approximate surface area is 83.2 Å². The van der Waals surface area contributed by atoms with E-state index in [9.17, 15) is 9.59 Å². The van der Waals surface area contributed by atoms with Crippen molar-refractivity contribution in [3.63, 3.8) is 0 Å². The monoisotopic (exact) mass is 204 g/mol. The third-order valence-electron chi connectivity index (χ3n) is 1.56. The van der Waals surface area contributed by atoms with Gasteiger partial charge in [0.25, 0.3) is 0 Å². The lowest BCUT2D eigenvalue weighted by Crippen LogP contribution is -2.16. The number of carbonyl (C=O) groups is 2. The predicted octanol–water partition coefficient (Wildman–Crippen LogP) is 1.65. The van der Waals surface area contributed by atoms with Gasteiger partial charge in [-0.05, 0) is 13.8 Å². The van der Waals surface area contributed by atoms with E-state index in [0.29, 0.717) is 13.0 Å². The molecule has 13 heavy (non-hydrogen) atoms. The highest BCUT2D eigenvalue weighted by atomic mass is 32.2. The number of ether oxygens (including phenoxy) is 1. The molecule has 0 amide bonds. The summed E-state index contributed by atoms with van der Waals surface area (Å²) in [6.07, 6.45) is 0.525. The molecule has 0 radical (unpaired) electrons. The Morgan fingerprint density at radius 1 is 1.38 bits per heavy atom. The van der Waals surface area contributed by atoms with Crippen molar-refractivity contribution in [2.45, 2.75) is 32.4 Å². The first-order valence-electron chi connectivity index (χ1n) is 4.41. The van der Waals surface area contributed by atoms with E-state index in [2.05, 4.69) is 0 Å². The van der Waals surface area contributed by atoms with Crippen molar-refractivity contribution in [1.82, 2.24) is 0 Å². The van der Waals surface area contributed by atoms with Gasteiger partial charge in [0.05, 0.1) is 17.6 Å². The molecule has 0 fully saturated rings. The highest BCUT2D eigenvalue weighted by molar-refractivity contribution is 8.01. The Kier molecular flexibility index (Phi) is 6.68. The molecule has 0 spiro atoms. The summed E-state index contributed by atoms with van der Waals surface area (Å²) in [7, 11) is 0. The number of Topliss-reactive ketones (excluding diaryl/α,β-unsaturated/α-hetero) is 1. The largest absolute Gasteiger partial charge is 0.465 e. The fourth-order valence-corrected chi connectivity index (χ4v) is 1.60. The number of esters is 1. The summed E-state index contributed by atoms with van der Waals surface area (Å²) in [5.41, 5.74) is 0. The SMILES string of the molecule is CCOC(=O)CSC(C)C(=O)CC. The second kappa shape index (κ2) is 6.95. The van der Waals surface area contributed by atoms with Crippen LogP contribution in [0.1, 0.15) is 27.2 Å². The van der Waals surface area contributed by atoms with Crippen molar-refractivity contribution in [2.24, 2.45) is 0 Å². The van der Waals surface area contributed by atoms with E-state index in [4.69, 9.17) is 4.74 Å². The lowest BCUT2D eigenvalue weighted by molar-refractivity contribution is -0.139. The van der Waals surface area contributed by atoms with E-state index in [1.54, 1.807) is 6.92 Å². The number of rotatable bonds is 6. The van der Waals surface area contributed by atoms with Gasteiger partial charge in [0.15, 0.2) is 0 Å². The molecule has 0 N–H and O–H groups in total. The van der Waals surface area contributed by atoms with Gasteiger partial charge in [-0.25, -0.2) is 0 Å². The van der Waals surface area contributed by atoms with E-state index in [-0.39, 0.29) is 22.8 Å². The molecule has 76 valence electrons. The van der Waals surface area contributed by atoms with Crippen LogP contribution in [0.5, 0.6) is 0 Å². The van der Waals surface area contributed by atoms with E-state index >= 15 is 0 Å². The van der Waals surface area contributed by atoms with Crippen LogP contribution in [0.3, 0.4) is 0 Å². The van der Waals surface area contributed by atoms with Gasteiger partial charge < -0.3 is 4.74 Å². The molecule has 0 aromatic rings. The van der Waals surface area contributed by atoms with Crippen molar-refractivity contribution >= 4 is 23.5 Å². The van der Waals surface area contributed by atoms with E-state index in [0.717, 1.165) is 0 Å². The number of carbonyl (C=O) groups excluding carboxylic acids is 2. The van der Waals surface area contributed by atoms with Crippen LogP contribution >= 0.6 is 11.8 Å². The van der Waals surface area contributed by atoms with Gasteiger partial charge in [-0.15, -0.1) is 11.8 Å². The molecule has 0 aliphatic carbocycles. The van der Waals surface area contributed by atoms with E-state index in [1.807, 2.05) is 13.8 Å². The zero-order chi connectivity index (χ0) is 10.3. The molecule has 1 unspecified atom stereocenters. The third-order valence-corrected chi connectivity index (χ3v) is 2.72. The minimum Gasteiger partial charge on any atom is -0.465 e. The standard InChI is InChI=1S/C9H16O3S/c1-4-8(10)7(3)13-6-9(11)12-5-2/h7H,4-6H2,1-3H3. The van der Waals surface area contributed by atoms with Crippen molar-refractivity contribution in [1.29, 1.82) is 0 Å². The zero-order valence-electron chi connectivity index (χ0n) is 8.33. The molecule has 0 bridgehead atoms. The molecular formula is C9H16O3S. The van der Waals surface area contributed by atoms with Gasteiger partial charge in [0.1, 0.15) is 5.78 Å². The van der Waals surface area contributed by atoms with Crippen LogP contribution in [0.15, 0.2) is 0 Å². The Morgan fingerprint density at radius 2 is 2.00 bits per heavy atom. The molecule has 4 heteroatoms. The summed E-state index contributed by atoms with van der Waals surface area (Å²) in [4.78, 5) is 22.0. The van der Waals surface area contributed by atoms with E-state index in [1.165, 1.54) is 11.8 Å². The third kappa shape index (κ3) is 5.69. The van der Waals surface area contributed by atoms with Gasteiger partial charge in [-0.3, -0.25) is 9.59 Å². The Balaban J connectivity index is 3.63. The van der Waals surface area contributed by atoms with Gasteiger partial charge in [0, 0.05) is 6.42 Å². The van der Waals surface area contributed by atoms with Gasteiger partial charge in [-0.1, -0.05) is 6.92 Å². The maximum atomic E-state index is 11.1. The molecule has 0 aliphatic rings. The first-order chi connectivity index (χ1) is 6.11. The van der Waals surface area contributed by atoms with Crippen LogP contribution in [0.4, 0.5) is 0 Å². The van der Waals surface area contributed by atoms with Crippen LogP contribution in [-0.2, 0) is 14.3 Å². The molecule has 0 aromatic carbocycles. The molecule has 1 atom stereocenters. The highest BCUT2D eigenvalue weighted by Gasteiger charge is 2.13. The number of ketones is 1. The highest BCUT2D eigenvalue weighted by Crippen LogP contribution is 2.12. The summed E-state index contributed by atoms with van der Waals surface area (Å²) in [6.45, 7) is 5.80. The molecule has 0 rings (SSSR count). The summed E-state index contributed by atoms with van der Waals surface area (Å²) in [5.74, 6) is 0.193. The fraction of sp³-hybridized carbons (Fsp3) is 0.778. The van der Waals surface area contributed by atoms with Crippen molar-refractivity contribution in [3.8, 4) is 0 Å². The average molecular weight is 204 g/mol. The average Bonchev–Trinajstić information content (AvgIpc) is 2.13. The minimum absolute atomic E-state index is 0.102. The second-order valence-corrected chi connectivity index (χ2v) is 3.91. The Bertz CT molecular complexity index is 180. The summed E-state index contributed by atoms with van der Waals surface area (Å²) < 4.78 is 4.73. The fourth-order valence-electron chi connectivity index (χ4n) is 0.776. The summed E-state index contributed by atoms with van der Waals surface area (Å²) >= 11 is 1.33. The van der Waals surface area contributed by atoms with Crippen molar-refractivity contribution in [2.75, 3.05) is 12.4 Å². The molecule has 0 aromatic heterocycles. The van der Waals surface area contributed by atoms with Gasteiger partial charge in [-0.2, -0.15) is 0 Å². The molecule has 0 aliphatic heterocycles. The van der Waals surface area contributed by atoms with Crippen LogP contribution in [0.25, 0.3) is 0 Å². The molecular weight excluding hydrogens is 188 g/mol. The lowest BCUT2D eigenvalue weighted by Gasteiger charge is -2.07. The smallest absolute Gasteiger partial charge is 0.315 e. The van der Waals surface area contributed by atoms with Crippen molar-refractivity contribution in [3.05, 3.63) is 0 Å². The first kappa shape index (κ1) is 12.5. The van der Waals surface area contributed by atoms with Crippen LogP contribution < -0.4 is 0 Å². The molecule has 0 saturated carbocycles. The van der Waals surface area contributed by atoms with Crippen LogP contribution in [-0.4, -0.2) is 29.4 Å². The molecule has 3 nitrogen and oxygen atoms in total. The van der Waals surface area contributed by atoms with Gasteiger partial charge in [0.2, 0.25) is 0 Å². The quantitative estimate of drug-likeness (QED) is 0.617. The summed E-state index contributed by atoms with van der Waals surface area (Å²) in [6, 6.07) is 0. The van der Waals surface area contributed by atoms with Crippen LogP contribution in [0.2, 0.25) is 0 Å². The Morgan fingerprint density at radius 3 is 2.46 bits per heavy atom. The minimum atomic E-state index is -0.247. The number of hydrogen-bond donors (Lipinski definition) is 0. The molecule has 0 heterocycles. The van der Waals surface area contributed by atoms with E-state index < -0.39 is 0 Å². The first-order valence-corrected chi connectivity index (χ1v) is 5.46. The lowest BCUT2D eigenvalue weighted by atomic mass is 10.2. The summed E-state index contributed by atoms with van der Waals surface area (Å²) in [5, 5.41) is -0.102. The Hall–Kier alpha value is -0.510. The number of hydrogen-bond acceptors (Lipinski definition) is 4.